The second kappa shape index (κ2) is 9.31. The Labute approximate surface area is 188 Å². The van der Waals surface area contributed by atoms with Crippen LogP contribution in [-0.2, 0) is 0 Å². The van der Waals surface area contributed by atoms with Crippen LogP contribution in [0.5, 0.6) is 11.5 Å². The van der Waals surface area contributed by atoms with Gasteiger partial charge < -0.3 is 13.9 Å². The van der Waals surface area contributed by atoms with Crippen LogP contribution < -0.4 is 14.9 Å². The van der Waals surface area contributed by atoms with Gasteiger partial charge in [0, 0.05) is 12.0 Å². The van der Waals surface area contributed by atoms with Gasteiger partial charge in [-0.15, -0.1) is 0 Å². The number of hydrogen-bond acceptors (Lipinski definition) is 4. The molecule has 0 aliphatic heterocycles. The maximum Gasteiger partial charge on any atom is 0.235 e. The Morgan fingerprint density at radius 1 is 0.750 bits per heavy atom. The monoisotopic (exact) mass is 428 g/mol. The van der Waals surface area contributed by atoms with Gasteiger partial charge in [0.2, 0.25) is 11.2 Å². The summed E-state index contributed by atoms with van der Waals surface area (Å²) in [6, 6.07) is 19.7. The molecule has 0 amide bonds. The number of ether oxygens (including phenoxy) is 2. The van der Waals surface area contributed by atoms with Crippen molar-refractivity contribution in [1.82, 2.24) is 0 Å². The van der Waals surface area contributed by atoms with E-state index in [0.717, 1.165) is 28.0 Å². The highest BCUT2D eigenvalue weighted by Crippen LogP contribution is 2.32. The van der Waals surface area contributed by atoms with Crippen LogP contribution in [0.4, 0.5) is 0 Å². The fraction of sp³-hybridized carbons (Fsp3) is 0.250. The molecule has 0 N–H and O–H groups in total. The molecule has 4 nitrogen and oxygen atoms in total. The standard InChI is InChI=1S/C28H28O4/c1-18-6-10-22(11-7-18)27-28(25(29)24-17-20(3)16-21(4)26(24)32-27)31-15-5-14-30-23-12-8-19(2)9-13-23/h6-13,16-17H,5,14-15H2,1-4H3. The van der Waals surface area contributed by atoms with Crippen molar-refractivity contribution < 1.29 is 13.9 Å². The van der Waals surface area contributed by atoms with Gasteiger partial charge >= 0.3 is 0 Å². The molecule has 3 aromatic carbocycles. The van der Waals surface area contributed by atoms with E-state index < -0.39 is 0 Å². The van der Waals surface area contributed by atoms with E-state index in [-0.39, 0.29) is 11.2 Å². The van der Waals surface area contributed by atoms with Crippen LogP contribution in [0.3, 0.4) is 0 Å². The van der Waals surface area contributed by atoms with Crippen LogP contribution in [0, 0.1) is 27.7 Å². The summed E-state index contributed by atoms with van der Waals surface area (Å²) < 4.78 is 18.1. The Balaban J connectivity index is 1.60. The second-order valence-corrected chi connectivity index (χ2v) is 8.28. The molecule has 0 fully saturated rings. The molecule has 4 heteroatoms. The van der Waals surface area contributed by atoms with E-state index in [4.69, 9.17) is 13.9 Å². The smallest absolute Gasteiger partial charge is 0.235 e. The Morgan fingerprint density at radius 2 is 1.38 bits per heavy atom. The van der Waals surface area contributed by atoms with Gasteiger partial charge in [0.15, 0.2) is 5.76 Å². The molecular weight excluding hydrogens is 400 g/mol. The number of rotatable bonds is 7. The summed E-state index contributed by atoms with van der Waals surface area (Å²) in [6.07, 6.45) is 0.644. The third kappa shape index (κ3) is 4.70. The van der Waals surface area contributed by atoms with E-state index in [1.807, 2.05) is 88.4 Å². The summed E-state index contributed by atoms with van der Waals surface area (Å²) in [6.45, 7) is 8.86. The molecule has 1 aromatic heterocycles. The third-order valence-electron chi connectivity index (χ3n) is 5.42. The maximum atomic E-state index is 13.4. The van der Waals surface area contributed by atoms with E-state index >= 15 is 0 Å². The van der Waals surface area contributed by atoms with Crippen LogP contribution in [0.2, 0.25) is 0 Å². The predicted octanol–water partition coefficient (Wildman–Crippen LogP) is 6.54. The van der Waals surface area contributed by atoms with Crippen LogP contribution in [0.25, 0.3) is 22.3 Å². The van der Waals surface area contributed by atoms with Gasteiger partial charge in [0.25, 0.3) is 0 Å². The van der Waals surface area contributed by atoms with Crippen molar-refractivity contribution in [2.24, 2.45) is 0 Å². The van der Waals surface area contributed by atoms with Crippen LogP contribution in [0.15, 0.2) is 69.9 Å². The molecule has 4 aromatic rings. The van der Waals surface area contributed by atoms with Crippen molar-refractivity contribution in [3.63, 3.8) is 0 Å². The van der Waals surface area contributed by atoms with E-state index in [2.05, 4.69) is 0 Å². The molecule has 0 saturated carbocycles. The molecule has 0 bridgehead atoms. The first-order valence-electron chi connectivity index (χ1n) is 10.9. The van der Waals surface area contributed by atoms with Gasteiger partial charge in [-0.05, 0) is 57.0 Å². The van der Waals surface area contributed by atoms with E-state index in [0.29, 0.717) is 36.4 Å². The Morgan fingerprint density at radius 3 is 2.06 bits per heavy atom. The van der Waals surface area contributed by atoms with Gasteiger partial charge in [-0.1, -0.05) is 53.6 Å². The van der Waals surface area contributed by atoms with Crippen LogP contribution >= 0.6 is 0 Å². The lowest BCUT2D eigenvalue weighted by Gasteiger charge is -2.13. The zero-order valence-electron chi connectivity index (χ0n) is 19.0. The van der Waals surface area contributed by atoms with Gasteiger partial charge in [0.05, 0.1) is 18.6 Å². The van der Waals surface area contributed by atoms with Gasteiger partial charge in [-0.2, -0.15) is 0 Å². The quantitative estimate of drug-likeness (QED) is 0.314. The number of hydrogen-bond donors (Lipinski definition) is 0. The minimum atomic E-state index is -0.145. The molecule has 164 valence electrons. The molecule has 1 heterocycles. The SMILES string of the molecule is Cc1ccc(OCCCOc2c(-c3ccc(C)cc3)oc3c(C)cc(C)cc3c2=O)cc1. The average molecular weight is 429 g/mol. The van der Waals surface area contributed by atoms with Gasteiger partial charge in [-0.3, -0.25) is 4.79 Å². The zero-order chi connectivity index (χ0) is 22.7. The van der Waals surface area contributed by atoms with Gasteiger partial charge in [-0.25, -0.2) is 0 Å². The largest absolute Gasteiger partial charge is 0.493 e. The predicted molar refractivity (Wildman–Crippen MR) is 129 cm³/mol. The van der Waals surface area contributed by atoms with E-state index in [1.165, 1.54) is 5.56 Å². The highest BCUT2D eigenvalue weighted by atomic mass is 16.5. The van der Waals surface area contributed by atoms with Gasteiger partial charge in [0.1, 0.15) is 11.3 Å². The molecule has 0 atom stereocenters. The Hall–Kier alpha value is -3.53. The molecule has 4 rings (SSSR count). The molecule has 0 spiro atoms. The van der Waals surface area contributed by atoms with Crippen molar-refractivity contribution >= 4 is 11.0 Å². The average Bonchev–Trinajstić information content (AvgIpc) is 2.77. The van der Waals surface area contributed by atoms with E-state index in [9.17, 15) is 4.79 Å². The summed E-state index contributed by atoms with van der Waals surface area (Å²) in [5.74, 6) is 1.54. The molecule has 0 unspecified atom stereocenters. The summed E-state index contributed by atoms with van der Waals surface area (Å²) in [5.41, 5.74) is 5.56. The van der Waals surface area contributed by atoms with Crippen molar-refractivity contribution in [2.75, 3.05) is 13.2 Å². The number of benzene rings is 3. The van der Waals surface area contributed by atoms with Crippen molar-refractivity contribution in [3.8, 4) is 22.8 Å². The summed E-state index contributed by atoms with van der Waals surface area (Å²) in [5, 5.41) is 0.546. The lowest BCUT2D eigenvalue weighted by atomic mass is 10.0. The number of aryl methyl sites for hydroxylation is 4. The molecule has 0 saturated heterocycles. The lowest BCUT2D eigenvalue weighted by molar-refractivity contribution is 0.244. The van der Waals surface area contributed by atoms with Crippen LogP contribution in [-0.4, -0.2) is 13.2 Å². The summed E-state index contributed by atoms with van der Waals surface area (Å²) in [7, 11) is 0. The fourth-order valence-electron chi connectivity index (χ4n) is 3.72. The first-order valence-corrected chi connectivity index (χ1v) is 10.9. The highest BCUT2D eigenvalue weighted by Gasteiger charge is 2.19. The normalized spacial score (nSPS) is 11.0. The molecule has 32 heavy (non-hydrogen) atoms. The molecular formula is C28H28O4. The minimum absolute atomic E-state index is 0.145. The topological polar surface area (TPSA) is 48.7 Å². The zero-order valence-corrected chi connectivity index (χ0v) is 19.0. The first kappa shape index (κ1) is 21.7. The first-order chi connectivity index (χ1) is 15.4. The van der Waals surface area contributed by atoms with Crippen LogP contribution in [0.1, 0.15) is 28.7 Å². The second-order valence-electron chi connectivity index (χ2n) is 8.28. The van der Waals surface area contributed by atoms with Crippen molar-refractivity contribution in [3.05, 3.63) is 93.1 Å². The summed E-state index contributed by atoms with van der Waals surface area (Å²) in [4.78, 5) is 13.4. The van der Waals surface area contributed by atoms with Crippen molar-refractivity contribution in [1.29, 1.82) is 0 Å². The van der Waals surface area contributed by atoms with Crippen molar-refractivity contribution in [2.45, 2.75) is 34.1 Å². The molecule has 0 aliphatic carbocycles. The lowest BCUT2D eigenvalue weighted by Crippen LogP contribution is -2.13. The molecule has 0 radical (unpaired) electrons. The third-order valence-corrected chi connectivity index (χ3v) is 5.42. The fourth-order valence-corrected chi connectivity index (χ4v) is 3.72. The Kier molecular flexibility index (Phi) is 6.31. The maximum absolute atomic E-state index is 13.4. The highest BCUT2D eigenvalue weighted by molar-refractivity contribution is 5.85. The summed E-state index contributed by atoms with van der Waals surface area (Å²) >= 11 is 0. The Bertz CT molecular complexity index is 1280. The van der Waals surface area contributed by atoms with E-state index in [1.54, 1.807) is 0 Å². The molecule has 0 aliphatic rings. The minimum Gasteiger partial charge on any atom is -0.493 e. The number of fused-ring (bicyclic) bond motifs is 1.